The fourth-order valence-corrected chi connectivity index (χ4v) is 6.70. The van der Waals surface area contributed by atoms with E-state index in [0.717, 1.165) is 21.6 Å². The van der Waals surface area contributed by atoms with E-state index in [9.17, 15) is 19.2 Å². The SMILES string of the molecule is COC(=O)c1nc(C(=O)Nc2cccc(Cl)c2)ccc1-c1cc2c(cc1C(=O)Nc1ccc(CNC(=O)OC(C)(C)C)cc1)-c1sccc1CCO2. The van der Waals surface area contributed by atoms with Crippen molar-refractivity contribution < 1.29 is 33.4 Å². The Morgan fingerprint density at radius 2 is 1.65 bits per heavy atom. The zero-order chi connectivity index (χ0) is 37.0. The van der Waals surface area contributed by atoms with E-state index in [1.54, 1.807) is 98.8 Å². The molecular formula is C39H35ClN4O7S. The minimum Gasteiger partial charge on any atom is -0.493 e. The quantitative estimate of drug-likeness (QED) is 0.135. The van der Waals surface area contributed by atoms with E-state index in [-0.39, 0.29) is 29.1 Å². The van der Waals surface area contributed by atoms with Crippen molar-refractivity contribution in [3.05, 3.63) is 117 Å². The van der Waals surface area contributed by atoms with Gasteiger partial charge in [0, 0.05) is 56.5 Å². The molecule has 3 amide bonds. The lowest BCUT2D eigenvalue weighted by molar-refractivity contribution is 0.0522. The normalized spacial score (nSPS) is 11.9. The van der Waals surface area contributed by atoms with E-state index in [1.807, 2.05) is 11.4 Å². The molecule has 0 aliphatic carbocycles. The van der Waals surface area contributed by atoms with Crippen molar-refractivity contribution in [1.82, 2.24) is 10.3 Å². The van der Waals surface area contributed by atoms with Crippen molar-refractivity contribution in [1.29, 1.82) is 0 Å². The van der Waals surface area contributed by atoms with Gasteiger partial charge in [-0.25, -0.2) is 14.6 Å². The number of methoxy groups -OCH3 is 1. The molecule has 11 nitrogen and oxygen atoms in total. The average Bonchev–Trinajstić information content (AvgIpc) is 3.51. The van der Waals surface area contributed by atoms with Crippen LogP contribution in [0.5, 0.6) is 5.75 Å². The summed E-state index contributed by atoms with van der Waals surface area (Å²) in [7, 11) is 1.21. The predicted octanol–water partition coefficient (Wildman–Crippen LogP) is 8.38. The molecule has 3 aromatic carbocycles. The van der Waals surface area contributed by atoms with Gasteiger partial charge >= 0.3 is 12.1 Å². The van der Waals surface area contributed by atoms with Crippen LogP contribution in [0.3, 0.4) is 0 Å². The molecule has 0 atom stereocenters. The van der Waals surface area contributed by atoms with E-state index in [4.69, 9.17) is 25.8 Å². The van der Waals surface area contributed by atoms with Crippen molar-refractivity contribution in [2.45, 2.75) is 39.3 Å². The number of fused-ring (bicyclic) bond motifs is 3. The first-order chi connectivity index (χ1) is 24.9. The fraction of sp³-hybridized carbons (Fsp3) is 0.205. The highest BCUT2D eigenvalue weighted by Gasteiger charge is 2.27. The number of hydrogen-bond acceptors (Lipinski definition) is 9. The smallest absolute Gasteiger partial charge is 0.407 e. The number of carbonyl (C=O) groups excluding carboxylic acids is 4. The molecule has 6 rings (SSSR count). The van der Waals surface area contributed by atoms with Gasteiger partial charge in [0.2, 0.25) is 0 Å². The van der Waals surface area contributed by atoms with Gasteiger partial charge in [0.25, 0.3) is 11.8 Å². The van der Waals surface area contributed by atoms with Crippen LogP contribution in [0.2, 0.25) is 5.02 Å². The second-order valence-electron chi connectivity index (χ2n) is 12.8. The van der Waals surface area contributed by atoms with Crippen molar-refractivity contribution in [2.24, 2.45) is 0 Å². The molecule has 2 aromatic heterocycles. The van der Waals surface area contributed by atoms with Crippen LogP contribution in [0.1, 0.15) is 63.2 Å². The van der Waals surface area contributed by atoms with Crippen LogP contribution in [-0.4, -0.2) is 48.2 Å². The molecule has 0 fully saturated rings. The number of halogens is 1. The van der Waals surface area contributed by atoms with Gasteiger partial charge in [-0.1, -0.05) is 29.8 Å². The third kappa shape index (κ3) is 8.42. The third-order valence-electron chi connectivity index (χ3n) is 7.91. The van der Waals surface area contributed by atoms with Crippen LogP contribution in [0.4, 0.5) is 16.2 Å². The monoisotopic (exact) mass is 738 g/mol. The van der Waals surface area contributed by atoms with Gasteiger partial charge in [-0.2, -0.15) is 0 Å². The Labute approximate surface area is 309 Å². The molecule has 3 N–H and O–H groups in total. The number of nitrogens with zero attached hydrogens (tertiary/aromatic N) is 1. The lowest BCUT2D eigenvalue weighted by atomic mass is 9.93. The van der Waals surface area contributed by atoms with Gasteiger partial charge in [-0.15, -0.1) is 11.3 Å². The number of amides is 3. The van der Waals surface area contributed by atoms with Gasteiger partial charge in [0.05, 0.1) is 13.7 Å². The average molecular weight is 739 g/mol. The Bertz CT molecular complexity index is 2180. The summed E-state index contributed by atoms with van der Waals surface area (Å²) in [4.78, 5) is 58.1. The molecule has 52 heavy (non-hydrogen) atoms. The molecule has 0 saturated heterocycles. The van der Waals surface area contributed by atoms with E-state index < -0.39 is 29.5 Å². The Balaban J connectivity index is 1.35. The highest BCUT2D eigenvalue weighted by atomic mass is 35.5. The minimum atomic E-state index is -0.800. The van der Waals surface area contributed by atoms with Crippen molar-refractivity contribution >= 4 is 58.2 Å². The van der Waals surface area contributed by atoms with Gasteiger partial charge in [-0.05, 0) is 97.9 Å². The molecule has 0 unspecified atom stereocenters. The summed E-state index contributed by atoms with van der Waals surface area (Å²) >= 11 is 7.63. The Morgan fingerprint density at radius 1 is 0.885 bits per heavy atom. The maximum absolute atomic E-state index is 14.2. The van der Waals surface area contributed by atoms with Crippen molar-refractivity contribution in [3.8, 4) is 27.3 Å². The zero-order valence-corrected chi connectivity index (χ0v) is 30.4. The second kappa shape index (κ2) is 15.3. The third-order valence-corrected chi connectivity index (χ3v) is 9.14. The highest BCUT2D eigenvalue weighted by Crippen LogP contribution is 2.43. The molecule has 0 saturated carbocycles. The lowest BCUT2D eigenvalue weighted by Gasteiger charge is -2.19. The largest absolute Gasteiger partial charge is 0.493 e. The topological polar surface area (TPSA) is 145 Å². The number of alkyl carbamates (subject to hydrolysis) is 1. The number of pyridine rings is 1. The first-order valence-electron chi connectivity index (χ1n) is 16.3. The lowest BCUT2D eigenvalue weighted by Crippen LogP contribution is -2.32. The summed E-state index contributed by atoms with van der Waals surface area (Å²) in [5.74, 6) is -1.30. The molecule has 1 aliphatic rings. The number of rotatable bonds is 8. The molecule has 5 aromatic rings. The van der Waals surface area contributed by atoms with Crippen LogP contribution in [-0.2, 0) is 22.4 Å². The highest BCUT2D eigenvalue weighted by molar-refractivity contribution is 7.13. The van der Waals surface area contributed by atoms with E-state index in [0.29, 0.717) is 40.7 Å². The molecule has 3 heterocycles. The number of esters is 1. The van der Waals surface area contributed by atoms with Crippen LogP contribution in [0.25, 0.3) is 21.6 Å². The molecule has 1 aliphatic heterocycles. The summed E-state index contributed by atoms with van der Waals surface area (Å²) < 4.78 is 16.6. The van der Waals surface area contributed by atoms with Crippen molar-refractivity contribution in [3.63, 3.8) is 0 Å². The molecule has 266 valence electrons. The minimum absolute atomic E-state index is 0.0504. The number of benzene rings is 3. The van der Waals surface area contributed by atoms with E-state index in [1.165, 1.54) is 13.2 Å². The second-order valence-corrected chi connectivity index (χ2v) is 14.2. The van der Waals surface area contributed by atoms with E-state index in [2.05, 4.69) is 20.9 Å². The number of nitrogens with one attached hydrogen (secondary N) is 3. The Hall–Kier alpha value is -5.72. The first-order valence-corrected chi connectivity index (χ1v) is 17.6. The van der Waals surface area contributed by atoms with Gasteiger partial charge < -0.3 is 30.2 Å². The number of carbonyl (C=O) groups is 4. The summed E-state index contributed by atoms with van der Waals surface area (Å²) in [6.07, 6.45) is 0.152. The predicted molar refractivity (Wildman–Crippen MR) is 200 cm³/mol. The van der Waals surface area contributed by atoms with E-state index >= 15 is 0 Å². The maximum atomic E-state index is 14.2. The summed E-state index contributed by atoms with van der Waals surface area (Å²) in [6.45, 7) is 6.02. The van der Waals surface area contributed by atoms with Gasteiger partial charge in [0.15, 0.2) is 5.69 Å². The number of anilines is 2. The fourth-order valence-electron chi connectivity index (χ4n) is 5.54. The van der Waals surface area contributed by atoms with Crippen LogP contribution in [0, 0.1) is 0 Å². The zero-order valence-electron chi connectivity index (χ0n) is 28.8. The Kier molecular flexibility index (Phi) is 10.6. The molecule has 13 heteroatoms. The van der Waals surface area contributed by atoms with Crippen LogP contribution >= 0.6 is 22.9 Å². The number of ether oxygens (including phenoxy) is 3. The molecular weight excluding hydrogens is 704 g/mol. The van der Waals surface area contributed by atoms with Gasteiger partial charge in [0.1, 0.15) is 17.0 Å². The molecule has 0 bridgehead atoms. The molecule has 0 spiro atoms. The summed E-state index contributed by atoms with van der Waals surface area (Å²) in [5, 5.41) is 10.8. The van der Waals surface area contributed by atoms with Crippen LogP contribution in [0.15, 0.2) is 84.2 Å². The summed E-state index contributed by atoms with van der Waals surface area (Å²) in [6, 6.07) is 22.2. The standard InChI is InChI=1S/C39H35ClN4O7S/c1-39(2,3)51-38(48)41-21-22-8-10-25(11-9-22)42-35(45)29-19-30-32(50-16-14-23-15-17-52-34(23)30)20-28(29)27-12-13-31(44-33(27)37(47)49-4)36(46)43-26-7-5-6-24(40)18-26/h5-13,15,17-20H,14,16,21H2,1-4H3,(H,41,48)(H,42,45)(H,43,46). The van der Waals surface area contributed by atoms with Gasteiger partial charge in [-0.3, -0.25) is 9.59 Å². The number of thiophene rings is 1. The number of hydrogen-bond donors (Lipinski definition) is 3. The van der Waals surface area contributed by atoms with Crippen LogP contribution < -0.4 is 20.7 Å². The summed E-state index contributed by atoms with van der Waals surface area (Å²) in [5.41, 5.74) is 3.61. The van der Waals surface area contributed by atoms with Crippen molar-refractivity contribution in [2.75, 3.05) is 24.4 Å². The maximum Gasteiger partial charge on any atom is 0.407 e. The first kappa shape index (κ1) is 36.1. The number of aromatic nitrogens is 1. The Morgan fingerprint density at radius 3 is 2.38 bits per heavy atom. The molecule has 0 radical (unpaired) electrons.